The fraction of sp³-hybridized carbons (Fsp3) is 0.333. The molecule has 0 bridgehead atoms. The molecule has 0 aromatic heterocycles. The quantitative estimate of drug-likeness (QED) is 0.427. The van der Waals surface area contributed by atoms with Crippen molar-refractivity contribution in [3.63, 3.8) is 0 Å². The number of hydrogen-bond donors (Lipinski definition) is 2. The van der Waals surface area contributed by atoms with Crippen LogP contribution in [0.1, 0.15) is 6.92 Å². The lowest BCUT2D eigenvalue weighted by Gasteiger charge is -2.01. The van der Waals surface area contributed by atoms with Gasteiger partial charge in [0.05, 0.1) is 11.9 Å². The summed E-state index contributed by atoms with van der Waals surface area (Å²) in [5.74, 6) is 0. The molecule has 0 spiro atoms. The second kappa shape index (κ2) is 1.59. The van der Waals surface area contributed by atoms with Crippen LogP contribution in [0, 0.1) is 0 Å². The zero-order valence-electron chi connectivity index (χ0n) is 3.97. The van der Waals surface area contributed by atoms with Crippen LogP contribution < -0.4 is 11.1 Å². The molecule has 1 aliphatic heterocycles. The highest BCUT2D eigenvalue weighted by atomic mass is 15.7. The maximum atomic E-state index is 3.74. The van der Waals surface area contributed by atoms with Gasteiger partial charge in [-0.1, -0.05) is 0 Å². The largest absolute Gasteiger partial charge is 0.205 e. The second-order valence-corrected chi connectivity index (χ2v) is 1.23. The third-order valence-corrected chi connectivity index (χ3v) is 0.598. The van der Waals surface area contributed by atoms with Crippen molar-refractivity contribution in [2.75, 3.05) is 0 Å². The van der Waals surface area contributed by atoms with E-state index in [4.69, 9.17) is 0 Å². The smallest absolute Gasteiger partial charge is 0.0793 e. The van der Waals surface area contributed by atoms with Gasteiger partial charge in [-0.05, 0) is 6.92 Å². The van der Waals surface area contributed by atoms with Crippen LogP contribution in [-0.2, 0) is 0 Å². The van der Waals surface area contributed by atoms with E-state index in [1.54, 1.807) is 6.21 Å². The zero-order valence-corrected chi connectivity index (χ0v) is 3.97. The summed E-state index contributed by atoms with van der Waals surface area (Å²) >= 11 is 0. The molecule has 0 unspecified atom stereocenters. The van der Waals surface area contributed by atoms with E-state index in [2.05, 4.69) is 21.3 Å². The van der Waals surface area contributed by atoms with Gasteiger partial charge < -0.3 is 0 Å². The third kappa shape index (κ3) is 0.887. The van der Waals surface area contributed by atoms with E-state index >= 15 is 0 Å². The standard InChI is InChI=1S/C3H6N4/c1-3-2-4-6-7-5-3/h2,6-7H,1H3. The molecule has 0 atom stereocenters. The third-order valence-electron chi connectivity index (χ3n) is 0.598. The summed E-state index contributed by atoms with van der Waals surface area (Å²) in [6, 6.07) is 0. The van der Waals surface area contributed by atoms with Crippen LogP contribution in [0.15, 0.2) is 10.2 Å². The van der Waals surface area contributed by atoms with Crippen molar-refractivity contribution >= 4 is 11.9 Å². The van der Waals surface area contributed by atoms with E-state index in [9.17, 15) is 0 Å². The zero-order chi connectivity index (χ0) is 5.11. The number of hydrazone groups is 2. The summed E-state index contributed by atoms with van der Waals surface area (Å²) in [4.78, 5) is 0. The van der Waals surface area contributed by atoms with Gasteiger partial charge in [0.2, 0.25) is 0 Å². The van der Waals surface area contributed by atoms with Crippen molar-refractivity contribution in [3.05, 3.63) is 0 Å². The summed E-state index contributed by atoms with van der Waals surface area (Å²) in [5, 5.41) is 7.38. The van der Waals surface area contributed by atoms with E-state index in [-0.39, 0.29) is 0 Å². The van der Waals surface area contributed by atoms with Gasteiger partial charge >= 0.3 is 0 Å². The minimum Gasteiger partial charge on any atom is -0.205 e. The molecule has 38 valence electrons. The average molecular weight is 98.1 g/mol. The molecule has 0 saturated heterocycles. The van der Waals surface area contributed by atoms with Crippen molar-refractivity contribution in [2.45, 2.75) is 6.92 Å². The molecule has 0 aliphatic carbocycles. The molecule has 1 heterocycles. The number of hydrazine groups is 1. The van der Waals surface area contributed by atoms with Gasteiger partial charge in [0, 0.05) is 0 Å². The molecule has 0 radical (unpaired) electrons. The SMILES string of the molecule is CC1=NNNN=C1. The van der Waals surface area contributed by atoms with E-state index < -0.39 is 0 Å². The Morgan fingerprint density at radius 3 is 2.71 bits per heavy atom. The topological polar surface area (TPSA) is 48.8 Å². The van der Waals surface area contributed by atoms with E-state index in [0.29, 0.717) is 0 Å². The molecule has 0 aromatic rings. The van der Waals surface area contributed by atoms with Gasteiger partial charge in [-0.3, -0.25) is 0 Å². The fourth-order valence-electron chi connectivity index (χ4n) is 0.297. The molecule has 1 rings (SSSR count). The van der Waals surface area contributed by atoms with Crippen molar-refractivity contribution in [1.82, 2.24) is 11.1 Å². The molecule has 1 aliphatic rings. The Labute approximate surface area is 41.3 Å². The van der Waals surface area contributed by atoms with E-state index in [1.807, 2.05) is 6.92 Å². The van der Waals surface area contributed by atoms with E-state index in [1.165, 1.54) is 0 Å². The van der Waals surface area contributed by atoms with Crippen molar-refractivity contribution in [1.29, 1.82) is 0 Å². The van der Waals surface area contributed by atoms with Crippen LogP contribution in [0.3, 0.4) is 0 Å². The van der Waals surface area contributed by atoms with Crippen LogP contribution in [-0.4, -0.2) is 11.9 Å². The van der Waals surface area contributed by atoms with Gasteiger partial charge in [0.1, 0.15) is 0 Å². The number of hydrogen-bond acceptors (Lipinski definition) is 4. The first-order valence-corrected chi connectivity index (χ1v) is 1.97. The van der Waals surface area contributed by atoms with Crippen LogP contribution >= 0.6 is 0 Å². The van der Waals surface area contributed by atoms with Gasteiger partial charge in [0.25, 0.3) is 0 Å². The molecular weight excluding hydrogens is 92.1 g/mol. The highest BCUT2D eigenvalue weighted by Crippen LogP contribution is 1.71. The highest BCUT2D eigenvalue weighted by molar-refractivity contribution is 6.29. The van der Waals surface area contributed by atoms with E-state index in [0.717, 1.165) is 5.71 Å². The van der Waals surface area contributed by atoms with Crippen LogP contribution in [0.2, 0.25) is 0 Å². The minimum atomic E-state index is 0.874. The summed E-state index contributed by atoms with van der Waals surface area (Å²) in [6.45, 7) is 1.86. The summed E-state index contributed by atoms with van der Waals surface area (Å²) in [7, 11) is 0. The van der Waals surface area contributed by atoms with Crippen molar-refractivity contribution < 1.29 is 0 Å². The Morgan fingerprint density at radius 2 is 2.43 bits per heavy atom. The number of nitrogens with one attached hydrogen (secondary N) is 2. The van der Waals surface area contributed by atoms with Gasteiger partial charge in [-0.25, -0.2) is 11.1 Å². The number of rotatable bonds is 0. The first kappa shape index (κ1) is 4.11. The Hall–Kier alpha value is -1.06. The Morgan fingerprint density at radius 1 is 1.57 bits per heavy atom. The number of nitrogens with zero attached hydrogens (tertiary/aromatic N) is 2. The lowest BCUT2D eigenvalue weighted by Crippen LogP contribution is -2.27. The van der Waals surface area contributed by atoms with Gasteiger partial charge in [0.15, 0.2) is 0 Å². The molecule has 2 N–H and O–H groups in total. The van der Waals surface area contributed by atoms with Gasteiger partial charge in [-0.2, -0.15) is 10.2 Å². The molecule has 0 fully saturated rings. The normalized spacial score (nSPS) is 17.0. The van der Waals surface area contributed by atoms with Gasteiger partial charge in [-0.15, -0.1) is 0 Å². The average Bonchev–Trinajstić information content (AvgIpc) is 1.69. The van der Waals surface area contributed by atoms with Crippen LogP contribution in [0.25, 0.3) is 0 Å². The summed E-state index contributed by atoms with van der Waals surface area (Å²) < 4.78 is 0. The van der Waals surface area contributed by atoms with Crippen molar-refractivity contribution in [3.8, 4) is 0 Å². The molecule has 7 heavy (non-hydrogen) atoms. The van der Waals surface area contributed by atoms with Crippen LogP contribution in [0.5, 0.6) is 0 Å². The van der Waals surface area contributed by atoms with Crippen molar-refractivity contribution in [2.24, 2.45) is 10.2 Å². The molecule has 0 aromatic carbocycles. The maximum Gasteiger partial charge on any atom is 0.0793 e. The summed E-state index contributed by atoms with van der Waals surface area (Å²) in [5.41, 5.74) is 5.80. The predicted molar refractivity (Wildman–Crippen MR) is 27.9 cm³/mol. The minimum absolute atomic E-state index is 0.874. The second-order valence-electron chi connectivity index (χ2n) is 1.23. The Balaban J connectivity index is 2.58. The molecule has 4 heteroatoms. The molecule has 0 amide bonds. The Kier molecular flexibility index (Phi) is 0.934. The summed E-state index contributed by atoms with van der Waals surface area (Å²) in [6.07, 6.45) is 1.64. The maximum absolute atomic E-state index is 3.74. The lowest BCUT2D eigenvalue weighted by molar-refractivity contribution is 0.582. The first-order valence-electron chi connectivity index (χ1n) is 1.97. The lowest BCUT2D eigenvalue weighted by atomic mass is 10.5. The monoisotopic (exact) mass is 98.1 g/mol. The fourth-order valence-corrected chi connectivity index (χ4v) is 0.297. The predicted octanol–water partition coefficient (Wildman–Crippen LogP) is -0.544. The highest BCUT2D eigenvalue weighted by Gasteiger charge is 1.85. The molecular formula is C3H6N4. The van der Waals surface area contributed by atoms with Crippen LogP contribution in [0.4, 0.5) is 0 Å². The Bertz CT molecular complexity index is 114. The first-order chi connectivity index (χ1) is 3.39. The molecule has 4 nitrogen and oxygen atoms in total. The molecule has 0 saturated carbocycles.